The molecule has 596 valence electrons. The average Bonchev–Trinajstić information content (AvgIpc) is 1.62. The molecule has 116 heavy (non-hydrogen) atoms. The average molecular weight is 1570 g/mol. The van der Waals surface area contributed by atoms with Crippen LogP contribution in [0.1, 0.15) is 216 Å². The first-order valence-electron chi connectivity index (χ1n) is 38.7. The lowest BCUT2D eigenvalue weighted by Crippen LogP contribution is -2.51. The number of hydrogen-bond acceptors (Lipinski definition) is 14. The summed E-state index contributed by atoms with van der Waals surface area (Å²) in [6.07, 6.45) is 6.69. The van der Waals surface area contributed by atoms with Gasteiger partial charge in [-0.2, -0.15) is 0 Å². The molecule has 12 aliphatic rings. The van der Waals surface area contributed by atoms with E-state index in [1.165, 1.54) is 4.90 Å². The predicted molar refractivity (Wildman–Crippen MR) is 429 cm³/mol. The number of hydrogen-bond donors (Lipinski definition) is 6. The number of rotatable bonds is 6. The van der Waals surface area contributed by atoms with Crippen molar-refractivity contribution in [2.45, 2.75) is 181 Å². The van der Waals surface area contributed by atoms with Crippen molar-refractivity contribution < 1.29 is 67.1 Å². The van der Waals surface area contributed by atoms with Gasteiger partial charge in [0.1, 0.15) is 18.1 Å². The van der Waals surface area contributed by atoms with Gasteiger partial charge < -0.3 is 51.5 Å². The molecule has 0 aromatic heterocycles. The monoisotopic (exact) mass is 1560 g/mol. The summed E-state index contributed by atoms with van der Waals surface area (Å²) in [6.45, 7) is 36.6. The molecule has 6 aromatic rings. The minimum atomic E-state index is -0.742. The summed E-state index contributed by atoms with van der Waals surface area (Å²) in [7, 11) is 0. The molecule has 18 rings (SSSR count). The number of nitrogens with one attached hydrogen (secondary N) is 6. The van der Waals surface area contributed by atoms with Crippen LogP contribution >= 0.6 is 0 Å². The van der Waals surface area contributed by atoms with Gasteiger partial charge in [-0.15, -0.1) is 0 Å². The highest BCUT2D eigenvalue weighted by Gasteiger charge is 2.47. The number of nitrogens with zero attached hydrogens (tertiary/aromatic N) is 6. The number of allylic oxidation sites excluding steroid dienone is 3. The number of benzene rings is 6. The summed E-state index contributed by atoms with van der Waals surface area (Å²) in [4.78, 5) is 179. The molecular weight excluding hydrogens is 1470 g/mol. The van der Waals surface area contributed by atoms with Gasteiger partial charge in [0.05, 0.1) is 40.4 Å². The molecule has 6 aromatic carbocycles. The van der Waals surface area contributed by atoms with Crippen LogP contribution in [-0.4, -0.2) is 148 Å². The van der Waals surface area contributed by atoms with Gasteiger partial charge in [0.2, 0.25) is 35.4 Å². The summed E-state index contributed by atoms with van der Waals surface area (Å²) >= 11 is 0. The molecule has 0 spiro atoms. The second kappa shape index (κ2) is 33.1. The fraction of sp³-hybridized carbons (Fsp3) is 0.311. The van der Waals surface area contributed by atoms with Gasteiger partial charge in [-0.05, 0) is 175 Å². The Balaban J connectivity index is 0.000000121. The lowest BCUT2D eigenvalue weighted by Gasteiger charge is -2.32. The highest BCUT2D eigenvalue weighted by atomic mass is 16.2. The summed E-state index contributed by atoms with van der Waals surface area (Å²) in [5.41, 5.74) is 18.7. The lowest BCUT2D eigenvalue weighted by molar-refractivity contribution is -0.127. The van der Waals surface area contributed by atoms with Crippen LogP contribution in [0.2, 0.25) is 0 Å². The highest BCUT2D eigenvalue weighted by molar-refractivity contribution is 6.24. The van der Waals surface area contributed by atoms with Gasteiger partial charge in [-0.25, -0.2) is 0 Å². The van der Waals surface area contributed by atoms with E-state index in [1.54, 1.807) is 40.1 Å². The molecule has 12 heterocycles. The van der Waals surface area contributed by atoms with Crippen LogP contribution in [0, 0.1) is 41.5 Å². The zero-order valence-corrected chi connectivity index (χ0v) is 65.8. The fourth-order valence-electron chi connectivity index (χ4n) is 16.8. The van der Waals surface area contributed by atoms with Gasteiger partial charge in [0.15, 0.2) is 0 Å². The van der Waals surface area contributed by atoms with E-state index in [9.17, 15) is 67.1 Å². The van der Waals surface area contributed by atoms with Crippen LogP contribution in [0.4, 0.5) is 0 Å². The van der Waals surface area contributed by atoms with Crippen LogP contribution in [0.5, 0.6) is 0 Å². The van der Waals surface area contributed by atoms with Crippen molar-refractivity contribution in [2.75, 3.05) is 0 Å². The molecule has 6 unspecified atom stereocenters. The molecule has 0 bridgehead atoms. The Bertz CT molecular complexity index is 5300. The Morgan fingerprint density at radius 1 is 0.284 bits per heavy atom. The fourth-order valence-corrected chi connectivity index (χ4v) is 16.8. The van der Waals surface area contributed by atoms with E-state index in [4.69, 9.17) is 0 Å². The first-order chi connectivity index (χ1) is 55.3. The number of carbonyl (C=O) groups is 14. The third-order valence-corrected chi connectivity index (χ3v) is 23.0. The minimum Gasteiger partial charge on any atom is -0.329 e. The van der Waals surface area contributed by atoms with E-state index < -0.39 is 18.0 Å². The standard InChI is InChI=1S/2C15H14N2O3.4C15H16N2O2/c1-8-3-5-10-11(7-8)15(20)17(14(10)19)12-6-4-9(2)16-13(12)18;1-8-4-3-5-10-13(8)15(20)17(14(10)19)11-6-7-12(18)16-9(11)2;1-9-3-5-12-11(7-9)8-17(15(12)19)13-6-4-10(2)16-14(13)18;1-9-3-5-11-8-17(15(19)12(11)7-9)13-6-4-10(2)16-14(13)18;1-9-4-3-5-11-12(9)8-17(15(11)19)13-6-7-14(18)16-10(13)2;1-9-4-3-5-11-8-17(15(19)14(9)11)12-6-7-13(18)16-10(12)2/h3,5,7,12H,2,4,6H2,1H3,(H,16,18);3-5,11H,2,6-7H2,1H3,(H,16,18);2*3,5,7,13H,2,4,6,8H2,1H3,(H,16,18);3-5,13H,2,6-8H2,1H3,(H,16,18);3-5,12H,2,6-8H2,1H3,(H,16,18). The van der Waals surface area contributed by atoms with Crippen molar-refractivity contribution in [3.63, 3.8) is 0 Å². The zero-order chi connectivity index (χ0) is 83.2. The van der Waals surface area contributed by atoms with E-state index in [0.717, 1.165) is 107 Å². The maximum Gasteiger partial charge on any atom is 0.262 e. The number of aryl methyl sites for hydroxylation is 6. The van der Waals surface area contributed by atoms with Gasteiger partial charge in [0.25, 0.3) is 47.3 Å². The second-order valence-electron chi connectivity index (χ2n) is 31.1. The molecule has 6 N–H and O–H groups in total. The number of imide groups is 2. The van der Waals surface area contributed by atoms with E-state index in [0.29, 0.717) is 129 Å². The van der Waals surface area contributed by atoms with Crippen molar-refractivity contribution >= 4 is 82.7 Å². The van der Waals surface area contributed by atoms with Crippen molar-refractivity contribution in [2.24, 2.45) is 0 Å². The van der Waals surface area contributed by atoms with Crippen molar-refractivity contribution in [1.29, 1.82) is 0 Å². The van der Waals surface area contributed by atoms with Gasteiger partial charge in [0, 0.05) is 102 Å². The Morgan fingerprint density at radius 2 is 0.672 bits per heavy atom. The molecule has 6 atom stereocenters. The molecule has 26 heteroatoms. The van der Waals surface area contributed by atoms with Crippen LogP contribution in [0.25, 0.3) is 0 Å². The maximum atomic E-state index is 12.5. The Kier molecular flexibility index (Phi) is 23.0. The molecule has 6 saturated heterocycles. The largest absolute Gasteiger partial charge is 0.329 e. The summed E-state index contributed by atoms with van der Waals surface area (Å²) in [5, 5.41) is 16.2. The minimum absolute atomic E-state index is 0.0124. The molecule has 6 fully saturated rings. The van der Waals surface area contributed by atoms with E-state index in [1.807, 2.05) is 130 Å². The van der Waals surface area contributed by atoms with Crippen LogP contribution < -0.4 is 31.9 Å². The zero-order valence-electron chi connectivity index (χ0n) is 65.8. The van der Waals surface area contributed by atoms with Crippen LogP contribution in [0.3, 0.4) is 0 Å². The molecule has 14 amide bonds. The molecule has 0 aliphatic carbocycles. The summed E-state index contributed by atoms with van der Waals surface area (Å²) in [6, 6.07) is 31.6. The molecule has 0 saturated carbocycles. The normalized spacial score (nSPS) is 22.3. The predicted octanol–water partition coefficient (Wildman–Crippen LogP) is 9.74. The quantitative estimate of drug-likeness (QED) is 0.0846. The first-order valence-corrected chi connectivity index (χ1v) is 38.7. The van der Waals surface area contributed by atoms with Crippen LogP contribution in [0.15, 0.2) is 183 Å². The van der Waals surface area contributed by atoms with E-state index >= 15 is 0 Å². The number of carbonyl (C=O) groups excluding carboxylic acids is 14. The third-order valence-electron chi connectivity index (χ3n) is 23.0. The van der Waals surface area contributed by atoms with Crippen molar-refractivity contribution in [3.05, 3.63) is 283 Å². The molecule has 12 aliphatic heterocycles. The SMILES string of the molecule is C=C1CCC(N2C(=O)c3ccc(C)cc3C2=O)C(=O)N1.C=C1CCC(N2Cc3cc(C)ccc3C2=O)C(=O)N1.C=C1CCC(N2Cc3ccc(C)cc3C2=O)C(=O)N1.C=C1NC(=O)CCC1N1C(=O)c2cccc(C)c2C1=O.C=C1NC(=O)CCC1N1Cc2c(C)cccc2C1=O.C=C1NC(=O)CCC1N1Cc2cccc(C)c2C1=O. The Morgan fingerprint density at radius 3 is 1.19 bits per heavy atom. The summed E-state index contributed by atoms with van der Waals surface area (Å²) < 4.78 is 0. The van der Waals surface area contributed by atoms with Crippen LogP contribution in [-0.2, 0) is 54.9 Å². The number of amides is 14. The molecular formula is C90H92N12O14. The smallest absolute Gasteiger partial charge is 0.262 e. The van der Waals surface area contributed by atoms with E-state index in [2.05, 4.69) is 71.4 Å². The van der Waals surface area contributed by atoms with E-state index in [-0.39, 0.29) is 107 Å². The van der Waals surface area contributed by atoms with Gasteiger partial charge >= 0.3 is 0 Å². The van der Waals surface area contributed by atoms with Gasteiger partial charge in [-0.3, -0.25) is 76.9 Å². The Labute approximate surface area is 671 Å². The topological polar surface area (TPSA) is 331 Å². The lowest BCUT2D eigenvalue weighted by atomic mass is 10.0. The molecule has 26 nitrogen and oxygen atoms in total. The molecule has 0 radical (unpaired) electrons. The summed E-state index contributed by atoms with van der Waals surface area (Å²) in [5.74, 6) is -2.09. The third kappa shape index (κ3) is 16.1. The maximum absolute atomic E-state index is 12.5. The first kappa shape index (κ1) is 80.8. The Hall–Kier alpha value is -13.3. The van der Waals surface area contributed by atoms with Crippen molar-refractivity contribution in [1.82, 2.24) is 61.3 Å². The number of piperidine rings is 6. The van der Waals surface area contributed by atoms with Gasteiger partial charge in [-0.1, -0.05) is 129 Å². The second-order valence-corrected chi connectivity index (χ2v) is 31.1. The number of fused-ring (bicyclic) bond motifs is 6. The van der Waals surface area contributed by atoms with Crippen molar-refractivity contribution in [3.8, 4) is 0 Å². The highest BCUT2D eigenvalue weighted by Crippen LogP contribution is 2.37.